The van der Waals surface area contributed by atoms with Crippen LogP contribution < -0.4 is 0 Å². The highest BCUT2D eigenvalue weighted by Crippen LogP contribution is 2.26. The van der Waals surface area contributed by atoms with E-state index in [1.54, 1.807) is 0 Å². The molecular weight excluding hydrogens is 184 g/mol. The van der Waals surface area contributed by atoms with Gasteiger partial charge in [0.15, 0.2) is 0 Å². The molecule has 2 heteroatoms. The Kier molecular flexibility index (Phi) is 4.93. The van der Waals surface area contributed by atoms with E-state index >= 15 is 0 Å². The second-order valence-electron chi connectivity index (χ2n) is 2.91. The largest absolute Gasteiger partial charge is 0.160 e. The molecule has 0 aliphatic heterocycles. The molecule has 1 unspecified atom stereocenters. The summed E-state index contributed by atoms with van der Waals surface area (Å²) in [6.07, 6.45) is 10.4. The molecule has 0 saturated heterocycles. The molecule has 1 aliphatic carbocycles. The fourth-order valence-corrected chi connectivity index (χ4v) is 2.48. The first-order valence-corrected chi connectivity index (χ1v) is 6.07. The fraction of sp³-hybridized carbons (Fsp3) is 0.600. The summed E-state index contributed by atoms with van der Waals surface area (Å²) in [5, 5.41) is 0. The fourth-order valence-electron chi connectivity index (χ4n) is 1.14. The Labute approximate surface area is 84.9 Å². The van der Waals surface area contributed by atoms with Crippen LogP contribution in [0.25, 0.3) is 0 Å². The number of hydrogen-bond donors (Lipinski definition) is 1. The third kappa shape index (κ3) is 3.28. The lowest BCUT2D eigenvalue weighted by molar-refractivity contribution is 1.01. The van der Waals surface area contributed by atoms with E-state index in [1.165, 1.54) is 30.6 Å². The molecule has 1 aliphatic rings. The SMILES string of the molecule is CCCSC(S)C1=CCCC=C1. The van der Waals surface area contributed by atoms with Crippen LogP contribution in [-0.4, -0.2) is 10.3 Å². The van der Waals surface area contributed by atoms with E-state index in [0.717, 1.165) is 0 Å². The van der Waals surface area contributed by atoms with Crippen LogP contribution >= 0.6 is 24.4 Å². The molecule has 0 aromatic carbocycles. The Bertz CT molecular complexity index is 182. The first-order valence-electron chi connectivity index (χ1n) is 4.51. The smallest absolute Gasteiger partial charge is 0.0718 e. The molecule has 68 valence electrons. The lowest BCUT2D eigenvalue weighted by atomic mass is 10.1. The van der Waals surface area contributed by atoms with E-state index in [0.29, 0.717) is 4.58 Å². The zero-order chi connectivity index (χ0) is 8.81. The van der Waals surface area contributed by atoms with E-state index in [9.17, 15) is 0 Å². The summed E-state index contributed by atoms with van der Waals surface area (Å²) in [7, 11) is 0. The lowest BCUT2D eigenvalue weighted by Gasteiger charge is -2.13. The third-order valence-corrected chi connectivity index (χ3v) is 3.77. The van der Waals surface area contributed by atoms with Crippen LogP contribution in [0.3, 0.4) is 0 Å². The van der Waals surface area contributed by atoms with Gasteiger partial charge in [0, 0.05) is 0 Å². The highest BCUT2D eigenvalue weighted by molar-refractivity contribution is 8.10. The molecule has 0 fully saturated rings. The van der Waals surface area contributed by atoms with E-state index in [4.69, 9.17) is 0 Å². The van der Waals surface area contributed by atoms with Gasteiger partial charge in [0.05, 0.1) is 4.58 Å². The number of rotatable bonds is 4. The predicted molar refractivity (Wildman–Crippen MR) is 62.0 cm³/mol. The minimum absolute atomic E-state index is 0.390. The average Bonchev–Trinajstić information content (AvgIpc) is 2.15. The first-order chi connectivity index (χ1) is 5.84. The minimum atomic E-state index is 0.390. The zero-order valence-corrected chi connectivity index (χ0v) is 9.20. The standard InChI is InChI=1S/C10H16S2/c1-2-8-12-10(11)9-6-4-3-5-7-9/h4,6-7,10-11H,2-3,5,8H2,1H3. The van der Waals surface area contributed by atoms with Crippen LogP contribution in [0.15, 0.2) is 23.8 Å². The van der Waals surface area contributed by atoms with Gasteiger partial charge in [-0.1, -0.05) is 25.2 Å². The summed E-state index contributed by atoms with van der Waals surface area (Å²) < 4.78 is 0.390. The van der Waals surface area contributed by atoms with Crippen molar-refractivity contribution in [2.45, 2.75) is 30.8 Å². The van der Waals surface area contributed by atoms with Crippen molar-refractivity contribution in [3.63, 3.8) is 0 Å². The van der Waals surface area contributed by atoms with Crippen molar-refractivity contribution in [3.05, 3.63) is 23.8 Å². The number of thiol groups is 1. The van der Waals surface area contributed by atoms with Gasteiger partial charge in [-0.3, -0.25) is 0 Å². The van der Waals surface area contributed by atoms with Crippen molar-refractivity contribution in [2.24, 2.45) is 0 Å². The van der Waals surface area contributed by atoms with Crippen molar-refractivity contribution in [2.75, 3.05) is 5.75 Å². The van der Waals surface area contributed by atoms with Gasteiger partial charge < -0.3 is 0 Å². The van der Waals surface area contributed by atoms with Gasteiger partial charge in [0.2, 0.25) is 0 Å². The summed E-state index contributed by atoms with van der Waals surface area (Å²) in [6, 6.07) is 0. The van der Waals surface area contributed by atoms with E-state index < -0.39 is 0 Å². The molecule has 0 radical (unpaired) electrons. The average molecular weight is 200 g/mol. The van der Waals surface area contributed by atoms with Gasteiger partial charge in [0.1, 0.15) is 0 Å². The molecule has 1 atom stereocenters. The Morgan fingerprint density at radius 3 is 3.00 bits per heavy atom. The molecule has 0 heterocycles. The molecule has 0 spiro atoms. The highest BCUT2D eigenvalue weighted by atomic mass is 32.2. The van der Waals surface area contributed by atoms with E-state index in [2.05, 4.69) is 37.8 Å². The number of thioether (sulfide) groups is 1. The Morgan fingerprint density at radius 1 is 1.58 bits per heavy atom. The van der Waals surface area contributed by atoms with Crippen LogP contribution in [0.2, 0.25) is 0 Å². The van der Waals surface area contributed by atoms with Gasteiger partial charge in [-0.25, -0.2) is 0 Å². The first kappa shape index (κ1) is 10.3. The molecule has 0 aromatic heterocycles. The maximum Gasteiger partial charge on any atom is 0.0718 e. The zero-order valence-electron chi connectivity index (χ0n) is 7.49. The van der Waals surface area contributed by atoms with Crippen LogP contribution in [0.5, 0.6) is 0 Å². The van der Waals surface area contributed by atoms with Crippen molar-refractivity contribution in [1.82, 2.24) is 0 Å². The highest BCUT2D eigenvalue weighted by Gasteiger charge is 2.07. The summed E-state index contributed by atoms with van der Waals surface area (Å²) >= 11 is 6.48. The minimum Gasteiger partial charge on any atom is -0.160 e. The normalized spacial score (nSPS) is 19.0. The van der Waals surface area contributed by atoms with Crippen LogP contribution in [0, 0.1) is 0 Å². The van der Waals surface area contributed by atoms with Gasteiger partial charge in [0.25, 0.3) is 0 Å². The third-order valence-electron chi connectivity index (χ3n) is 1.79. The lowest BCUT2D eigenvalue weighted by Crippen LogP contribution is -1.99. The molecule has 0 aromatic rings. The summed E-state index contributed by atoms with van der Waals surface area (Å²) in [6.45, 7) is 2.21. The van der Waals surface area contributed by atoms with Crippen LogP contribution in [-0.2, 0) is 0 Å². The molecule has 0 nitrogen and oxygen atoms in total. The molecule has 0 N–H and O–H groups in total. The number of allylic oxidation sites excluding steroid dienone is 3. The van der Waals surface area contributed by atoms with Crippen LogP contribution in [0.1, 0.15) is 26.2 Å². The summed E-state index contributed by atoms with van der Waals surface area (Å²) in [5.41, 5.74) is 1.39. The maximum atomic E-state index is 4.55. The molecular formula is C10H16S2. The van der Waals surface area contributed by atoms with Crippen molar-refractivity contribution < 1.29 is 0 Å². The Morgan fingerprint density at radius 2 is 2.42 bits per heavy atom. The van der Waals surface area contributed by atoms with Crippen molar-refractivity contribution in [3.8, 4) is 0 Å². The molecule has 0 saturated carbocycles. The van der Waals surface area contributed by atoms with E-state index in [1.807, 2.05) is 11.8 Å². The monoisotopic (exact) mass is 200 g/mol. The summed E-state index contributed by atoms with van der Waals surface area (Å²) in [4.78, 5) is 0. The molecule has 1 rings (SSSR count). The van der Waals surface area contributed by atoms with Crippen molar-refractivity contribution >= 4 is 24.4 Å². The van der Waals surface area contributed by atoms with E-state index in [-0.39, 0.29) is 0 Å². The van der Waals surface area contributed by atoms with Gasteiger partial charge >= 0.3 is 0 Å². The summed E-state index contributed by atoms with van der Waals surface area (Å²) in [5.74, 6) is 1.21. The second kappa shape index (κ2) is 5.76. The predicted octanol–water partition coefficient (Wildman–Crippen LogP) is 3.66. The topological polar surface area (TPSA) is 0 Å². The Balaban J connectivity index is 2.35. The molecule has 0 bridgehead atoms. The number of hydrogen-bond acceptors (Lipinski definition) is 2. The van der Waals surface area contributed by atoms with Gasteiger partial charge in [-0.2, -0.15) is 12.6 Å². The second-order valence-corrected chi connectivity index (χ2v) is 4.99. The maximum absolute atomic E-state index is 4.55. The van der Waals surface area contributed by atoms with Crippen molar-refractivity contribution in [1.29, 1.82) is 0 Å². The molecule has 12 heavy (non-hydrogen) atoms. The Hall–Kier alpha value is 0.180. The quantitative estimate of drug-likeness (QED) is 0.534. The van der Waals surface area contributed by atoms with Crippen LogP contribution in [0.4, 0.5) is 0 Å². The van der Waals surface area contributed by atoms with Gasteiger partial charge in [-0.15, -0.1) is 11.8 Å². The van der Waals surface area contributed by atoms with Gasteiger partial charge in [-0.05, 0) is 30.6 Å². The molecule has 0 amide bonds.